The number of nitrogens with one attached hydrogen (secondary N) is 2. The number of nitrogens with zero attached hydrogens (tertiary/aromatic N) is 3. The van der Waals surface area contributed by atoms with Crippen LogP contribution < -0.4 is 10.9 Å². The second kappa shape index (κ2) is 7.36. The highest BCUT2D eigenvalue weighted by molar-refractivity contribution is 6.07. The van der Waals surface area contributed by atoms with Crippen LogP contribution in [0.1, 0.15) is 27.8 Å². The summed E-state index contributed by atoms with van der Waals surface area (Å²) in [4.78, 5) is 29.5. The third-order valence-electron chi connectivity index (χ3n) is 4.26. The van der Waals surface area contributed by atoms with Crippen molar-refractivity contribution in [3.63, 3.8) is 0 Å². The van der Waals surface area contributed by atoms with Gasteiger partial charge in [0.05, 0.1) is 29.1 Å². The summed E-state index contributed by atoms with van der Waals surface area (Å²) in [5.74, 6) is -0.916. The molecule has 8 nitrogen and oxygen atoms in total. The van der Waals surface area contributed by atoms with Gasteiger partial charge in [0.25, 0.3) is 5.91 Å². The third-order valence-corrected chi connectivity index (χ3v) is 4.26. The fourth-order valence-corrected chi connectivity index (χ4v) is 2.87. The minimum atomic E-state index is -0.545. The van der Waals surface area contributed by atoms with Crippen LogP contribution in [0.2, 0.25) is 0 Å². The van der Waals surface area contributed by atoms with E-state index in [2.05, 4.69) is 20.9 Å². The van der Waals surface area contributed by atoms with Crippen LogP contribution in [0.5, 0.6) is 0 Å². The SMILES string of the molecule is CCn1ncc2c(C(=O)NNC(=O)c3ccco3)cc(-c3ccccc3)nc21. The average Bonchev–Trinajstić information content (AvgIpc) is 3.41. The zero-order valence-electron chi connectivity index (χ0n) is 15.0. The second-order valence-corrected chi connectivity index (χ2v) is 6.00. The topological polar surface area (TPSA) is 102 Å². The van der Waals surface area contributed by atoms with Gasteiger partial charge < -0.3 is 4.42 Å². The Hall–Kier alpha value is -3.94. The van der Waals surface area contributed by atoms with Crippen molar-refractivity contribution in [1.29, 1.82) is 0 Å². The molecule has 0 radical (unpaired) electrons. The van der Waals surface area contributed by atoms with Crippen LogP contribution in [-0.4, -0.2) is 26.6 Å². The van der Waals surface area contributed by atoms with E-state index in [-0.39, 0.29) is 5.76 Å². The van der Waals surface area contributed by atoms with E-state index in [0.29, 0.717) is 28.8 Å². The number of amides is 2. The van der Waals surface area contributed by atoms with Gasteiger partial charge in [0.1, 0.15) is 0 Å². The van der Waals surface area contributed by atoms with Crippen LogP contribution in [0.3, 0.4) is 0 Å². The Balaban J connectivity index is 1.69. The smallest absolute Gasteiger partial charge is 0.305 e. The molecule has 0 bridgehead atoms. The number of pyridine rings is 1. The first-order valence-corrected chi connectivity index (χ1v) is 8.73. The lowest BCUT2D eigenvalue weighted by Gasteiger charge is -2.09. The Bertz CT molecular complexity index is 1130. The van der Waals surface area contributed by atoms with Crippen LogP contribution in [0.15, 0.2) is 65.4 Å². The normalized spacial score (nSPS) is 10.8. The summed E-state index contributed by atoms with van der Waals surface area (Å²) in [7, 11) is 0. The van der Waals surface area contributed by atoms with Crippen molar-refractivity contribution in [1.82, 2.24) is 25.6 Å². The maximum Gasteiger partial charge on any atom is 0.305 e. The van der Waals surface area contributed by atoms with E-state index in [4.69, 9.17) is 4.42 Å². The van der Waals surface area contributed by atoms with E-state index in [9.17, 15) is 9.59 Å². The number of rotatable bonds is 4. The third kappa shape index (κ3) is 3.23. The molecule has 0 saturated heterocycles. The van der Waals surface area contributed by atoms with Crippen molar-refractivity contribution in [3.8, 4) is 11.3 Å². The molecular weight excluding hydrogens is 358 g/mol. The summed E-state index contributed by atoms with van der Waals surface area (Å²) < 4.78 is 6.73. The molecule has 1 aromatic carbocycles. The number of hydrogen-bond acceptors (Lipinski definition) is 5. The molecule has 3 aromatic heterocycles. The minimum Gasteiger partial charge on any atom is -0.459 e. The lowest BCUT2D eigenvalue weighted by molar-refractivity contribution is 0.0831. The Morgan fingerprint density at radius 1 is 1.07 bits per heavy atom. The first-order valence-electron chi connectivity index (χ1n) is 8.73. The fraction of sp³-hybridized carbons (Fsp3) is 0.100. The van der Waals surface area contributed by atoms with E-state index < -0.39 is 11.8 Å². The molecule has 0 unspecified atom stereocenters. The number of furan rings is 1. The van der Waals surface area contributed by atoms with Crippen LogP contribution in [0, 0.1) is 0 Å². The number of carbonyl (C=O) groups excluding carboxylic acids is 2. The quantitative estimate of drug-likeness (QED) is 0.534. The molecule has 3 heterocycles. The highest BCUT2D eigenvalue weighted by Crippen LogP contribution is 2.24. The Morgan fingerprint density at radius 3 is 2.57 bits per heavy atom. The molecule has 4 aromatic rings. The molecule has 28 heavy (non-hydrogen) atoms. The first kappa shape index (κ1) is 17.5. The van der Waals surface area contributed by atoms with Crippen molar-refractivity contribution in [2.75, 3.05) is 0 Å². The Kier molecular flexibility index (Phi) is 4.59. The van der Waals surface area contributed by atoms with Crippen LogP contribution in [-0.2, 0) is 6.54 Å². The maximum absolute atomic E-state index is 12.8. The monoisotopic (exact) mass is 375 g/mol. The minimum absolute atomic E-state index is 0.101. The number of fused-ring (bicyclic) bond motifs is 1. The first-order chi connectivity index (χ1) is 13.7. The van der Waals surface area contributed by atoms with E-state index >= 15 is 0 Å². The summed E-state index contributed by atoms with van der Waals surface area (Å²) in [5.41, 5.74) is 7.26. The summed E-state index contributed by atoms with van der Waals surface area (Å²) >= 11 is 0. The zero-order chi connectivity index (χ0) is 19.5. The molecule has 0 aliphatic heterocycles. The molecule has 0 aliphatic carbocycles. The van der Waals surface area contributed by atoms with Crippen LogP contribution in [0.25, 0.3) is 22.3 Å². The van der Waals surface area contributed by atoms with E-state index in [1.165, 1.54) is 12.3 Å². The van der Waals surface area contributed by atoms with Crippen molar-refractivity contribution in [2.24, 2.45) is 0 Å². The highest BCUT2D eigenvalue weighted by Gasteiger charge is 2.18. The van der Waals surface area contributed by atoms with Gasteiger partial charge >= 0.3 is 5.91 Å². The van der Waals surface area contributed by atoms with Crippen molar-refractivity contribution >= 4 is 22.8 Å². The summed E-state index contributed by atoms with van der Waals surface area (Å²) in [6, 6.07) is 14.3. The second-order valence-electron chi connectivity index (χ2n) is 6.00. The standard InChI is InChI=1S/C20H17N5O3/c1-2-25-18-15(12-21-25)14(11-16(22-18)13-7-4-3-5-8-13)19(26)23-24-20(27)17-9-6-10-28-17/h3-12H,2H2,1H3,(H,23,26)(H,24,27). The van der Waals surface area contributed by atoms with Gasteiger partial charge in [-0.05, 0) is 25.1 Å². The highest BCUT2D eigenvalue weighted by atomic mass is 16.3. The van der Waals surface area contributed by atoms with Crippen molar-refractivity contribution in [3.05, 3.63) is 72.3 Å². The average molecular weight is 375 g/mol. The predicted octanol–water partition coefficient (Wildman–Crippen LogP) is 2.79. The number of benzene rings is 1. The van der Waals surface area contributed by atoms with Gasteiger partial charge in [-0.25, -0.2) is 9.67 Å². The lowest BCUT2D eigenvalue weighted by atomic mass is 10.1. The molecule has 0 atom stereocenters. The lowest BCUT2D eigenvalue weighted by Crippen LogP contribution is -2.41. The van der Waals surface area contributed by atoms with Gasteiger partial charge in [-0.2, -0.15) is 5.10 Å². The maximum atomic E-state index is 12.8. The van der Waals surface area contributed by atoms with Crippen LogP contribution >= 0.6 is 0 Å². The Morgan fingerprint density at radius 2 is 1.86 bits per heavy atom. The zero-order valence-corrected chi connectivity index (χ0v) is 15.0. The van der Waals surface area contributed by atoms with Gasteiger partial charge in [0.15, 0.2) is 11.4 Å². The summed E-state index contributed by atoms with van der Waals surface area (Å²) in [6.07, 6.45) is 2.98. The van der Waals surface area contributed by atoms with Crippen LogP contribution in [0.4, 0.5) is 0 Å². The molecule has 0 aliphatic rings. The number of hydrogen-bond donors (Lipinski definition) is 2. The van der Waals surface area contributed by atoms with Gasteiger partial charge in [0, 0.05) is 12.1 Å². The Labute approximate surface area is 160 Å². The van der Waals surface area contributed by atoms with Crippen molar-refractivity contribution < 1.29 is 14.0 Å². The molecule has 4 rings (SSSR count). The molecule has 0 spiro atoms. The van der Waals surface area contributed by atoms with Gasteiger partial charge in [-0.1, -0.05) is 30.3 Å². The molecule has 0 saturated carbocycles. The predicted molar refractivity (Wildman–Crippen MR) is 102 cm³/mol. The number of aryl methyl sites for hydroxylation is 1. The molecule has 0 fully saturated rings. The fourth-order valence-electron chi connectivity index (χ4n) is 2.87. The summed E-state index contributed by atoms with van der Waals surface area (Å²) in [5, 5.41) is 4.90. The molecule has 140 valence electrons. The van der Waals surface area contributed by atoms with E-state index in [1.807, 2.05) is 37.3 Å². The largest absolute Gasteiger partial charge is 0.459 e. The molecular formula is C20H17N5O3. The number of hydrazine groups is 1. The van der Waals surface area contributed by atoms with Gasteiger partial charge in [-0.3, -0.25) is 20.4 Å². The number of carbonyl (C=O) groups is 2. The molecule has 2 amide bonds. The van der Waals surface area contributed by atoms with Crippen molar-refractivity contribution in [2.45, 2.75) is 13.5 Å². The van der Waals surface area contributed by atoms with Gasteiger partial charge in [0.2, 0.25) is 0 Å². The van der Waals surface area contributed by atoms with E-state index in [0.717, 1.165) is 5.56 Å². The number of aromatic nitrogens is 3. The molecule has 2 N–H and O–H groups in total. The van der Waals surface area contributed by atoms with E-state index in [1.54, 1.807) is 23.0 Å². The molecule has 8 heteroatoms. The summed E-state index contributed by atoms with van der Waals surface area (Å²) in [6.45, 7) is 2.57. The van der Waals surface area contributed by atoms with Gasteiger partial charge in [-0.15, -0.1) is 0 Å².